The Labute approximate surface area is 166 Å². The van der Waals surface area contributed by atoms with Gasteiger partial charge in [0.2, 0.25) is 0 Å². The second-order valence-electron chi connectivity index (χ2n) is 7.83. The van der Waals surface area contributed by atoms with E-state index in [9.17, 15) is 14.7 Å². The number of fused-ring (bicyclic) bond motifs is 5. The Kier molecular flexibility index (Phi) is 4.07. The first-order chi connectivity index (χ1) is 13.5. The zero-order valence-corrected chi connectivity index (χ0v) is 15.9. The molecule has 3 atom stereocenters. The quantitative estimate of drug-likeness (QED) is 0.711. The Morgan fingerprint density at radius 2 is 2.07 bits per heavy atom. The fraction of sp³-hybridized carbons (Fsp3) is 0.333. The SMILES string of the molecule is O=C(O)[C@H](c1c[nH]c2cc(Cl)ccc12)N1C[C@@H]2C[C@H](C1)c1cccc(=O)n1C2. The number of benzene rings is 1. The first-order valence-electron chi connectivity index (χ1n) is 9.44. The summed E-state index contributed by atoms with van der Waals surface area (Å²) >= 11 is 6.07. The van der Waals surface area contributed by atoms with Crippen LogP contribution in [0, 0.1) is 5.92 Å². The summed E-state index contributed by atoms with van der Waals surface area (Å²) in [7, 11) is 0. The van der Waals surface area contributed by atoms with Crippen molar-refractivity contribution in [1.82, 2.24) is 14.5 Å². The van der Waals surface area contributed by atoms with E-state index in [1.807, 2.05) is 22.8 Å². The number of aliphatic carboxylic acids is 1. The number of hydrogen-bond acceptors (Lipinski definition) is 3. The van der Waals surface area contributed by atoms with Gasteiger partial charge in [-0.05, 0) is 30.5 Å². The van der Waals surface area contributed by atoms with Gasteiger partial charge in [-0.1, -0.05) is 23.7 Å². The Balaban J connectivity index is 1.54. The van der Waals surface area contributed by atoms with E-state index in [0.717, 1.165) is 28.6 Å². The molecule has 0 unspecified atom stereocenters. The van der Waals surface area contributed by atoms with Crippen LogP contribution in [-0.2, 0) is 11.3 Å². The smallest absolute Gasteiger partial charge is 0.325 e. The standard InChI is InChI=1S/C21H20ClN3O3/c22-14-4-5-15-16(8-23-17(15)7-14)20(21(27)28)24-9-12-6-13(11-24)18-2-1-3-19(26)25(18)10-12/h1-5,7-8,12-13,20,23H,6,9-11H2,(H,27,28)/t12-,13+,20-/m0/s1. The van der Waals surface area contributed by atoms with Crippen molar-refractivity contribution >= 4 is 28.5 Å². The lowest BCUT2D eigenvalue weighted by molar-refractivity contribution is -0.144. The summed E-state index contributed by atoms with van der Waals surface area (Å²) < 4.78 is 1.86. The summed E-state index contributed by atoms with van der Waals surface area (Å²) in [6.45, 7) is 1.93. The first-order valence-corrected chi connectivity index (χ1v) is 9.82. The molecular formula is C21H20ClN3O3. The zero-order valence-electron chi connectivity index (χ0n) is 15.1. The highest BCUT2D eigenvalue weighted by Gasteiger charge is 2.40. The van der Waals surface area contributed by atoms with Crippen LogP contribution in [0.4, 0.5) is 0 Å². The van der Waals surface area contributed by atoms with E-state index >= 15 is 0 Å². The fourth-order valence-corrected chi connectivity index (χ4v) is 5.15. The molecule has 0 radical (unpaired) electrons. The van der Waals surface area contributed by atoms with E-state index in [0.29, 0.717) is 24.7 Å². The topological polar surface area (TPSA) is 78.3 Å². The predicted molar refractivity (Wildman–Crippen MR) is 107 cm³/mol. The van der Waals surface area contributed by atoms with Crippen LogP contribution >= 0.6 is 11.6 Å². The summed E-state index contributed by atoms with van der Waals surface area (Å²) in [6, 6.07) is 10.1. The third-order valence-electron chi connectivity index (χ3n) is 6.08. The number of rotatable bonds is 3. The molecule has 2 bridgehead atoms. The maximum atomic E-state index is 12.3. The van der Waals surface area contributed by atoms with E-state index in [4.69, 9.17) is 11.6 Å². The molecule has 6 nitrogen and oxygen atoms in total. The highest BCUT2D eigenvalue weighted by Crippen LogP contribution is 2.39. The molecule has 0 amide bonds. The monoisotopic (exact) mass is 397 g/mol. The van der Waals surface area contributed by atoms with Gasteiger partial charge in [0.25, 0.3) is 5.56 Å². The number of aromatic nitrogens is 2. The number of nitrogens with one attached hydrogen (secondary N) is 1. The number of H-pyrrole nitrogens is 1. The van der Waals surface area contributed by atoms with Crippen molar-refractivity contribution < 1.29 is 9.90 Å². The summed E-state index contributed by atoms with van der Waals surface area (Å²) in [4.78, 5) is 29.7. The van der Waals surface area contributed by atoms with Crippen molar-refractivity contribution in [2.45, 2.75) is 24.9 Å². The van der Waals surface area contributed by atoms with Crippen LogP contribution in [0.15, 0.2) is 47.4 Å². The number of piperidine rings is 1. The Hall–Kier alpha value is -2.57. The summed E-state index contributed by atoms with van der Waals surface area (Å²) in [5.41, 5.74) is 2.64. The van der Waals surface area contributed by atoms with Crippen LogP contribution in [-0.4, -0.2) is 38.6 Å². The van der Waals surface area contributed by atoms with Gasteiger partial charge in [-0.25, -0.2) is 0 Å². The lowest BCUT2D eigenvalue weighted by atomic mass is 9.82. The Morgan fingerprint density at radius 3 is 2.89 bits per heavy atom. The maximum Gasteiger partial charge on any atom is 0.325 e. The highest BCUT2D eigenvalue weighted by molar-refractivity contribution is 6.31. The van der Waals surface area contributed by atoms with Crippen molar-refractivity contribution in [2.24, 2.45) is 5.92 Å². The van der Waals surface area contributed by atoms with Gasteiger partial charge in [-0.3, -0.25) is 14.5 Å². The first kappa shape index (κ1) is 17.5. The molecular weight excluding hydrogens is 378 g/mol. The lowest BCUT2D eigenvalue weighted by Crippen LogP contribution is -2.49. The molecule has 2 aromatic heterocycles. The number of nitrogens with zero attached hydrogens (tertiary/aromatic N) is 2. The maximum absolute atomic E-state index is 12.3. The molecule has 1 fully saturated rings. The van der Waals surface area contributed by atoms with Crippen molar-refractivity contribution in [2.75, 3.05) is 13.1 Å². The van der Waals surface area contributed by atoms with Crippen molar-refractivity contribution in [1.29, 1.82) is 0 Å². The minimum Gasteiger partial charge on any atom is -0.480 e. The van der Waals surface area contributed by atoms with Crippen LogP contribution in [0.5, 0.6) is 0 Å². The predicted octanol–water partition coefficient (Wildman–Crippen LogP) is 3.23. The summed E-state index contributed by atoms with van der Waals surface area (Å²) in [5.74, 6) is -0.419. The van der Waals surface area contributed by atoms with Gasteiger partial charge in [-0.15, -0.1) is 0 Å². The molecule has 7 heteroatoms. The normalized spacial score (nSPS) is 22.8. The van der Waals surface area contributed by atoms with E-state index in [1.165, 1.54) is 0 Å². The largest absolute Gasteiger partial charge is 0.480 e. The Bertz CT molecular complexity index is 1140. The molecule has 3 aromatic rings. The highest BCUT2D eigenvalue weighted by atomic mass is 35.5. The molecule has 144 valence electrons. The number of likely N-dealkylation sites (tertiary alicyclic amines) is 1. The van der Waals surface area contributed by atoms with Gasteiger partial charge in [0, 0.05) is 65.0 Å². The molecule has 1 saturated heterocycles. The molecule has 2 aliphatic rings. The van der Waals surface area contributed by atoms with Crippen molar-refractivity contribution in [3.63, 3.8) is 0 Å². The Morgan fingerprint density at radius 1 is 1.21 bits per heavy atom. The van der Waals surface area contributed by atoms with Crippen LogP contribution < -0.4 is 5.56 Å². The van der Waals surface area contributed by atoms with Crippen LogP contribution in [0.2, 0.25) is 5.02 Å². The van der Waals surface area contributed by atoms with Crippen LogP contribution in [0.3, 0.4) is 0 Å². The molecule has 0 aliphatic carbocycles. The van der Waals surface area contributed by atoms with Gasteiger partial charge in [0.05, 0.1) is 0 Å². The van der Waals surface area contributed by atoms with Gasteiger partial charge in [-0.2, -0.15) is 0 Å². The number of carboxylic acids is 1. The second-order valence-corrected chi connectivity index (χ2v) is 8.26. The molecule has 0 spiro atoms. The van der Waals surface area contributed by atoms with Gasteiger partial charge in [0.15, 0.2) is 0 Å². The zero-order chi connectivity index (χ0) is 19.4. The number of pyridine rings is 1. The summed E-state index contributed by atoms with van der Waals surface area (Å²) in [6.07, 6.45) is 2.78. The number of halogens is 1. The van der Waals surface area contributed by atoms with Gasteiger partial charge < -0.3 is 14.7 Å². The molecule has 2 N–H and O–H groups in total. The number of carbonyl (C=O) groups is 1. The molecule has 2 aliphatic heterocycles. The van der Waals surface area contributed by atoms with E-state index < -0.39 is 12.0 Å². The minimum absolute atomic E-state index is 0.0314. The number of aromatic amines is 1. The average molecular weight is 398 g/mol. The van der Waals surface area contributed by atoms with E-state index in [2.05, 4.69) is 9.88 Å². The van der Waals surface area contributed by atoms with E-state index in [1.54, 1.807) is 24.4 Å². The average Bonchev–Trinajstić information content (AvgIpc) is 3.05. The third kappa shape index (κ3) is 2.75. The van der Waals surface area contributed by atoms with Crippen molar-refractivity contribution in [3.05, 3.63) is 69.2 Å². The van der Waals surface area contributed by atoms with E-state index in [-0.39, 0.29) is 17.4 Å². The summed E-state index contributed by atoms with van der Waals surface area (Å²) in [5, 5.41) is 11.6. The van der Waals surface area contributed by atoms with Gasteiger partial charge in [0.1, 0.15) is 6.04 Å². The molecule has 5 rings (SSSR count). The number of carboxylic acid groups (broad SMARTS) is 1. The van der Waals surface area contributed by atoms with Crippen LogP contribution in [0.1, 0.15) is 29.6 Å². The second kappa shape index (κ2) is 6.50. The molecule has 0 saturated carbocycles. The van der Waals surface area contributed by atoms with Gasteiger partial charge >= 0.3 is 5.97 Å². The van der Waals surface area contributed by atoms with Crippen LogP contribution in [0.25, 0.3) is 10.9 Å². The molecule has 4 heterocycles. The third-order valence-corrected chi connectivity index (χ3v) is 6.31. The minimum atomic E-state index is -0.860. The molecule has 28 heavy (non-hydrogen) atoms. The lowest BCUT2D eigenvalue weighted by Gasteiger charge is -2.44. The number of hydrogen-bond donors (Lipinski definition) is 2. The fourth-order valence-electron chi connectivity index (χ4n) is 4.98. The molecule has 1 aromatic carbocycles. The van der Waals surface area contributed by atoms with Crippen molar-refractivity contribution in [3.8, 4) is 0 Å².